The van der Waals surface area contributed by atoms with Crippen molar-refractivity contribution in [2.75, 3.05) is 13.2 Å². The van der Waals surface area contributed by atoms with E-state index in [1.54, 1.807) is 12.1 Å². The van der Waals surface area contributed by atoms with E-state index < -0.39 is 74.6 Å². The molecule has 1 aromatic heterocycles. The molecule has 0 aliphatic carbocycles. The van der Waals surface area contributed by atoms with Gasteiger partial charge in [-0.2, -0.15) is 0 Å². The number of aliphatic hydroxyl groups is 7. The molecule has 2 aromatic rings. The highest BCUT2D eigenvalue weighted by Crippen LogP contribution is 2.38. The van der Waals surface area contributed by atoms with Gasteiger partial charge in [-0.25, -0.2) is 0 Å². The second-order valence-corrected chi connectivity index (χ2v) is 9.29. The van der Waals surface area contributed by atoms with Crippen LogP contribution >= 0.6 is 27.5 Å². The molecular formula is C20H25BrClNO11. The van der Waals surface area contributed by atoms with Gasteiger partial charge in [0.1, 0.15) is 54.6 Å². The van der Waals surface area contributed by atoms with Crippen LogP contribution in [0.15, 0.2) is 22.8 Å². The average molecular weight is 571 g/mol. The number of nitrogens with one attached hydrogen (secondary N) is 1. The standard InChI is InChI=1S/C20H25BrClNO11/c21-6-1-2-7-11(12(6)22)8(3-23-7)31-19-17(30)15(28)18(10(5-25)33-19)34-20-16(29)14(27)13(26)9(4-24)32-20/h1-3,9-10,13-20,23-30H,4-5H2/t9-,10-,13-,14+,15-,16-,17-,18-,19-,20-/m1/s1. The van der Waals surface area contributed by atoms with Crippen LogP contribution < -0.4 is 4.74 Å². The molecule has 0 spiro atoms. The lowest BCUT2D eigenvalue weighted by molar-refractivity contribution is -0.352. The third-order valence-corrected chi connectivity index (χ3v) is 7.19. The Kier molecular flexibility index (Phi) is 8.03. The summed E-state index contributed by atoms with van der Waals surface area (Å²) in [4.78, 5) is 2.97. The van der Waals surface area contributed by atoms with Gasteiger partial charge in [-0.15, -0.1) is 0 Å². The Labute approximate surface area is 206 Å². The van der Waals surface area contributed by atoms with Gasteiger partial charge in [0, 0.05) is 10.7 Å². The van der Waals surface area contributed by atoms with Gasteiger partial charge in [-0.1, -0.05) is 11.6 Å². The van der Waals surface area contributed by atoms with Crippen molar-refractivity contribution in [2.45, 2.75) is 61.4 Å². The number of fused-ring (bicyclic) bond motifs is 1. The number of halogens is 2. The summed E-state index contributed by atoms with van der Waals surface area (Å²) in [5.74, 6) is 0.225. The number of aromatic amines is 1. The van der Waals surface area contributed by atoms with Gasteiger partial charge in [0.2, 0.25) is 6.29 Å². The van der Waals surface area contributed by atoms with E-state index in [9.17, 15) is 35.7 Å². The quantitative estimate of drug-likeness (QED) is 0.203. The first kappa shape index (κ1) is 26.0. The minimum atomic E-state index is -1.75. The number of ether oxygens (including phenoxy) is 4. The first-order valence-electron chi connectivity index (χ1n) is 10.4. The molecule has 10 atom stereocenters. The van der Waals surface area contributed by atoms with E-state index in [-0.39, 0.29) is 5.75 Å². The fourth-order valence-electron chi connectivity index (χ4n) is 4.00. The van der Waals surface area contributed by atoms with Gasteiger partial charge in [-0.3, -0.25) is 0 Å². The summed E-state index contributed by atoms with van der Waals surface area (Å²) >= 11 is 9.68. The fraction of sp³-hybridized carbons (Fsp3) is 0.600. The zero-order chi connectivity index (χ0) is 24.7. The third kappa shape index (κ3) is 4.68. The van der Waals surface area contributed by atoms with Crippen molar-refractivity contribution in [3.05, 3.63) is 27.8 Å². The summed E-state index contributed by atoms with van der Waals surface area (Å²) in [5, 5.41) is 71.5. The summed E-state index contributed by atoms with van der Waals surface area (Å²) in [7, 11) is 0. The van der Waals surface area contributed by atoms with Crippen LogP contribution in [0.4, 0.5) is 0 Å². The van der Waals surface area contributed by atoms with Crippen LogP contribution in [0.2, 0.25) is 5.02 Å². The molecule has 2 saturated heterocycles. The highest BCUT2D eigenvalue weighted by Gasteiger charge is 2.51. The van der Waals surface area contributed by atoms with Crippen molar-refractivity contribution in [1.82, 2.24) is 4.98 Å². The second kappa shape index (κ2) is 10.5. The monoisotopic (exact) mass is 569 g/mol. The molecule has 0 amide bonds. The number of H-pyrrole nitrogens is 1. The predicted octanol–water partition coefficient (Wildman–Crippen LogP) is -1.41. The molecule has 190 valence electrons. The van der Waals surface area contributed by atoms with Gasteiger partial charge < -0.3 is 59.7 Å². The minimum absolute atomic E-state index is 0.225. The van der Waals surface area contributed by atoms with E-state index in [4.69, 9.17) is 30.5 Å². The third-order valence-electron chi connectivity index (χ3n) is 5.90. The summed E-state index contributed by atoms with van der Waals surface area (Å²) in [6, 6.07) is 3.50. The average Bonchev–Trinajstić information content (AvgIpc) is 3.24. The maximum atomic E-state index is 10.7. The van der Waals surface area contributed by atoms with Crippen LogP contribution in [0.1, 0.15) is 0 Å². The summed E-state index contributed by atoms with van der Waals surface area (Å²) in [6.07, 6.45) is -13.9. The van der Waals surface area contributed by atoms with Gasteiger partial charge >= 0.3 is 0 Å². The van der Waals surface area contributed by atoms with Gasteiger partial charge in [0.05, 0.1) is 29.1 Å². The Morgan fingerprint density at radius 3 is 2.21 bits per heavy atom. The van der Waals surface area contributed by atoms with Crippen molar-refractivity contribution < 1.29 is 54.7 Å². The highest BCUT2D eigenvalue weighted by atomic mass is 79.9. The molecule has 34 heavy (non-hydrogen) atoms. The number of hydrogen-bond donors (Lipinski definition) is 8. The Morgan fingerprint density at radius 1 is 0.882 bits per heavy atom. The Bertz CT molecular complexity index is 991. The van der Waals surface area contributed by atoms with E-state index in [1.165, 1.54) is 6.20 Å². The normalized spacial score (nSPS) is 38.9. The number of aliphatic hydroxyl groups excluding tert-OH is 7. The molecule has 0 bridgehead atoms. The highest BCUT2D eigenvalue weighted by molar-refractivity contribution is 9.10. The number of hydrogen-bond acceptors (Lipinski definition) is 11. The smallest absolute Gasteiger partial charge is 0.229 e. The summed E-state index contributed by atoms with van der Waals surface area (Å²) in [5.41, 5.74) is 0.650. The molecule has 14 heteroatoms. The lowest BCUT2D eigenvalue weighted by Crippen LogP contribution is -2.65. The minimum Gasteiger partial charge on any atom is -0.460 e. The van der Waals surface area contributed by atoms with E-state index in [0.29, 0.717) is 20.4 Å². The van der Waals surface area contributed by atoms with Crippen molar-refractivity contribution in [3.8, 4) is 5.75 Å². The van der Waals surface area contributed by atoms with Crippen LogP contribution in [0.25, 0.3) is 10.9 Å². The molecule has 0 saturated carbocycles. The van der Waals surface area contributed by atoms with Gasteiger partial charge in [0.15, 0.2) is 6.29 Å². The molecule has 4 rings (SSSR count). The van der Waals surface area contributed by atoms with Crippen molar-refractivity contribution in [1.29, 1.82) is 0 Å². The molecule has 2 aliphatic rings. The maximum absolute atomic E-state index is 10.7. The van der Waals surface area contributed by atoms with E-state index in [1.807, 2.05) is 0 Å². The van der Waals surface area contributed by atoms with Crippen molar-refractivity contribution >= 4 is 38.4 Å². The van der Waals surface area contributed by atoms with Crippen molar-refractivity contribution in [3.63, 3.8) is 0 Å². The second-order valence-electron chi connectivity index (χ2n) is 8.06. The zero-order valence-electron chi connectivity index (χ0n) is 17.4. The Balaban J connectivity index is 1.52. The zero-order valence-corrected chi connectivity index (χ0v) is 19.8. The number of rotatable bonds is 6. The van der Waals surface area contributed by atoms with Crippen LogP contribution in [0.5, 0.6) is 5.75 Å². The number of benzene rings is 1. The van der Waals surface area contributed by atoms with E-state index in [0.717, 1.165) is 0 Å². The molecule has 8 N–H and O–H groups in total. The maximum Gasteiger partial charge on any atom is 0.229 e. The molecule has 0 radical (unpaired) electrons. The lowest BCUT2D eigenvalue weighted by Gasteiger charge is -2.45. The van der Waals surface area contributed by atoms with Gasteiger partial charge in [-0.05, 0) is 28.1 Å². The molecular weight excluding hydrogens is 546 g/mol. The molecule has 2 aliphatic heterocycles. The molecule has 0 unspecified atom stereocenters. The summed E-state index contributed by atoms with van der Waals surface area (Å²) < 4.78 is 22.8. The van der Waals surface area contributed by atoms with Crippen LogP contribution in [0, 0.1) is 0 Å². The largest absolute Gasteiger partial charge is 0.460 e. The number of aromatic nitrogens is 1. The Morgan fingerprint density at radius 2 is 1.53 bits per heavy atom. The van der Waals surface area contributed by atoms with Crippen LogP contribution in [0.3, 0.4) is 0 Å². The van der Waals surface area contributed by atoms with E-state index >= 15 is 0 Å². The van der Waals surface area contributed by atoms with Crippen LogP contribution in [-0.2, 0) is 14.2 Å². The first-order chi connectivity index (χ1) is 16.2. The molecule has 3 heterocycles. The Hall–Kier alpha value is -1.07. The molecule has 12 nitrogen and oxygen atoms in total. The predicted molar refractivity (Wildman–Crippen MR) is 118 cm³/mol. The van der Waals surface area contributed by atoms with Gasteiger partial charge in [0.25, 0.3) is 0 Å². The SMILES string of the molecule is OC[C@H]1O[C@H](O[C@H]2[C@H](O)[C@@H](O)[C@H](Oc3c[nH]c4ccc(Br)c(Cl)c34)O[C@@H]2CO)[C@H](O)[C@@H](O)[C@@H]1O. The fourth-order valence-corrected chi connectivity index (χ4v) is 4.59. The molecule has 2 fully saturated rings. The topological polar surface area (TPSA) is 194 Å². The summed E-state index contributed by atoms with van der Waals surface area (Å²) in [6.45, 7) is -1.36. The van der Waals surface area contributed by atoms with Crippen LogP contribution in [-0.4, -0.2) is 115 Å². The lowest BCUT2D eigenvalue weighted by atomic mass is 9.97. The van der Waals surface area contributed by atoms with E-state index in [2.05, 4.69) is 20.9 Å². The first-order valence-corrected chi connectivity index (χ1v) is 11.5. The van der Waals surface area contributed by atoms with Crippen molar-refractivity contribution in [2.24, 2.45) is 0 Å². The molecule has 1 aromatic carbocycles.